The van der Waals surface area contributed by atoms with E-state index in [1.165, 1.54) is 11.1 Å². The van der Waals surface area contributed by atoms with Crippen molar-refractivity contribution in [2.45, 2.75) is 26.6 Å². The molecule has 2 aromatic rings. The fourth-order valence-electron chi connectivity index (χ4n) is 2.56. The fraction of sp³-hybridized carbons (Fsp3) is 0.381. The molecule has 2 N–H and O–H groups in total. The molecule has 0 bridgehead atoms. The van der Waals surface area contributed by atoms with E-state index in [4.69, 9.17) is 4.74 Å². The number of ether oxygens (including phenoxy) is 1. The van der Waals surface area contributed by atoms with Crippen molar-refractivity contribution in [3.63, 3.8) is 0 Å². The lowest BCUT2D eigenvalue weighted by molar-refractivity contribution is 0.402. The van der Waals surface area contributed by atoms with Crippen molar-refractivity contribution in [1.29, 1.82) is 0 Å². The molecule has 6 heteroatoms. The van der Waals surface area contributed by atoms with Crippen LogP contribution in [0.3, 0.4) is 0 Å². The zero-order chi connectivity index (χ0) is 18.8. The van der Waals surface area contributed by atoms with Crippen molar-refractivity contribution in [2.75, 3.05) is 27.7 Å². The molecule has 0 heterocycles. The summed E-state index contributed by atoms with van der Waals surface area (Å²) in [6.45, 7) is 5.23. The smallest absolute Gasteiger partial charge is 0.191 e. The number of hydrogen-bond donors (Lipinski definition) is 2. The number of halogens is 1. The van der Waals surface area contributed by atoms with Gasteiger partial charge in [0.2, 0.25) is 0 Å². The van der Waals surface area contributed by atoms with Gasteiger partial charge in [-0.05, 0) is 49.8 Å². The van der Waals surface area contributed by atoms with E-state index in [9.17, 15) is 0 Å². The van der Waals surface area contributed by atoms with Crippen LogP contribution in [0.25, 0.3) is 0 Å². The van der Waals surface area contributed by atoms with Gasteiger partial charge in [-0.3, -0.25) is 0 Å². The van der Waals surface area contributed by atoms with Crippen LogP contribution in [0.4, 0.5) is 0 Å². The number of aliphatic imine (C=N–C) groups is 1. The molecule has 0 fully saturated rings. The van der Waals surface area contributed by atoms with Gasteiger partial charge in [0, 0.05) is 19.6 Å². The van der Waals surface area contributed by atoms with Crippen LogP contribution in [0.15, 0.2) is 53.5 Å². The Bertz CT molecular complexity index is 684. The number of hydrogen-bond acceptors (Lipinski definition) is 3. The quantitative estimate of drug-likeness (QED) is 0.343. The first-order chi connectivity index (χ1) is 12.6. The van der Waals surface area contributed by atoms with Crippen molar-refractivity contribution < 1.29 is 4.74 Å². The Morgan fingerprint density at radius 1 is 0.926 bits per heavy atom. The maximum Gasteiger partial charge on any atom is 0.191 e. The third-order valence-electron chi connectivity index (χ3n) is 3.90. The Balaban J connectivity index is 0.00000364. The molecule has 0 aromatic heterocycles. The highest BCUT2D eigenvalue weighted by atomic mass is 127. The summed E-state index contributed by atoms with van der Waals surface area (Å²) in [5.74, 6) is 1.68. The van der Waals surface area contributed by atoms with Gasteiger partial charge < -0.3 is 20.3 Å². The van der Waals surface area contributed by atoms with Gasteiger partial charge in [-0.25, -0.2) is 4.99 Å². The molecule has 0 saturated carbocycles. The third kappa shape index (κ3) is 8.62. The van der Waals surface area contributed by atoms with E-state index in [2.05, 4.69) is 65.8 Å². The summed E-state index contributed by atoms with van der Waals surface area (Å²) < 4.78 is 5.19. The van der Waals surface area contributed by atoms with Crippen molar-refractivity contribution >= 4 is 29.9 Å². The fourth-order valence-corrected chi connectivity index (χ4v) is 2.56. The lowest BCUT2D eigenvalue weighted by Gasteiger charge is -2.13. The van der Waals surface area contributed by atoms with Crippen LogP contribution in [0, 0.1) is 0 Å². The summed E-state index contributed by atoms with van der Waals surface area (Å²) in [7, 11) is 5.84. The second-order valence-electron chi connectivity index (χ2n) is 6.45. The van der Waals surface area contributed by atoms with Gasteiger partial charge in [0.1, 0.15) is 5.75 Å². The highest BCUT2D eigenvalue weighted by molar-refractivity contribution is 14.0. The van der Waals surface area contributed by atoms with Gasteiger partial charge in [0.25, 0.3) is 0 Å². The molecule has 0 aliphatic carbocycles. The number of guanidine groups is 1. The van der Waals surface area contributed by atoms with Gasteiger partial charge in [-0.15, -0.1) is 24.0 Å². The lowest BCUT2D eigenvalue weighted by atomic mass is 10.1. The Labute approximate surface area is 180 Å². The van der Waals surface area contributed by atoms with Crippen LogP contribution < -0.4 is 15.4 Å². The molecule has 0 radical (unpaired) electrons. The molecule has 0 saturated heterocycles. The van der Waals surface area contributed by atoms with E-state index in [0.29, 0.717) is 6.54 Å². The molecular weight excluding hydrogens is 451 g/mol. The van der Waals surface area contributed by atoms with E-state index < -0.39 is 0 Å². The number of rotatable bonds is 8. The minimum absolute atomic E-state index is 0. The highest BCUT2D eigenvalue weighted by Gasteiger charge is 2.00. The SMILES string of the molecule is CCNC(=NCc1ccc(OC)cc1)NCc1ccc(CN(C)C)cc1.I. The molecule has 0 spiro atoms. The van der Waals surface area contributed by atoms with E-state index in [-0.39, 0.29) is 24.0 Å². The van der Waals surface area contributed by atoms with Crippen LogP contribution in [-0.2, 0) is 19.6 Å². The summed E-state index contributed by atoms with van der Waals surface area (Å²) in [6, 6.07) is 16.7. The number of benzene rings is 2. The van der Waals surface area contributed by atoms with Gasteiger partial charge in [-0.1, -0.05) is 36.4 Å². The average Bonchev–Trinajstić information content (AvgIpc) is 2.65. The van der Waals surface area contributed by atoms with Crippen LogP contribution in [-0.4, -0.2) is 38.6 Å². The summed E-state index contributed by atoms with van der Waals surface area (Å²) in [5.41, 5.74) is 3.71. The normalized spacial score (nSPS) is 11.1. The van der Waals surface area contributed by atoms with Crippen molar-refractivity contribution in [1.82, 2.24) is 15.5 Å². The Morgan fingerprint density at radius 2 is 1.52 bits per heavy atom. The number of nitrogens with zero attached hydrogens (tertiary/aromatic N) is 2. The van der Waals surface area contributed by atoms with Crippen LogP contribution in [0.5, 0.6) is 5.75 Å². The molecule has 0 amide bonds. The van der Waals surface area contributed by atoms with Gasteiger partial charge in [0.15, 0.2) is 5.96 Å². The zero-order valence-corrected chi connectivity index (χ0v) is 19.0. The zero-order valence-electron chi connectivity index (χ0n) is 16.7. The second-order valence-corrected chi connectivity index (χ2v) is 6.45. The molecular formula is C21H31IN4O. The maximum absolute atomic E-state index is 5.19. The minimum atomic E-state index is 0. The first kappa shape index (κ1) is 23.2. The summed E-state index contributed by atoms with van der Waals surface area (Å²) in [5, 5.41) is 6.68. The molecule has 27 heavy (non-hydrogen) atoms. The highest BCUT2D eigenvalue weighted by Crippen LogP contribution is 2.12. The topological polar surface area (TPSA) is 48.9 Å². The Morgan fingerprint density at radius 3 is 2.07 bits per heavy atom. The predicted octanol–water partition coefficient (Wildman–Crippen LogP) is 3.63. The predicted molar refractivity (Wildman–Crippen MR) is 124 cm³/mol. The van der Waals surface area contributed by atoms with E-state index in [1.807, 2.05) is 24.3 Å². The molecule has 5 nitrogen and oxygen atoms in total. The summed E-state index contributed by atoms with van der Waals surface area (Å²) in [4.78, 5) is 6.83. The minimum Gasteiger partial charge on any atom is -0.497 e. The Hall–Kier alpha value is -1.80. The number of methoxy groups -OCH3 is 1. The molecule has 2 aromatic carbocycles. The van der Waals surface area contributed by atoms with Gasteiger partial charge in [-0.2, -0.15) is 0 Å². The third-order valence-corrected chi connectivity index (χ3v) is 3.90. The molecule has 0 aliphatic rings. The van der Waals surface area contributed by atoms with Crippen molar-refractivity contribution in [2.24, 2.45) is 4.99 Å². The molecule has 0 aliphatic heterocycles. The summed E-state index contributed by atoms with van der Waals surface area (Å²) in [6.07, 6.45) is 0. The van der Waals surface area contributed by atoms with E-state index in [0.717, 1.165) is 36.9 Å². The van der Waals surface area contributed by atoms with E-state index in [1.54, 1.807) is 7.11 Å². The van der Waals surface area contributed by atoms with Crippen LogP contribution in [0.1, 0.15) is 23.6 Å². The van der Waals surface area contributed by atoms with Crippen LogP contribution in [0.2, 0.25) is 0 Å². The molecule has 2 rings (SSSR count). The molecule has 148 valence electrons. The lowest BCUT2D eigenvalue weighted by Crippen LogP contribution is -2.36. The van der Waals surface area contributed by atoms with E-state index >= 15 is 0 Å². The monoisotopic (exact) mass is 482 g/mol. The van der Waals surface area contributed by atoms with Gasteiger partial charge >= 0.3 is 0 Å². The molecule has 0 atom stereocenters. The maximum atomic E-state index is 5.19. The van der Waals surface area contributed by atoms with Crippen LogP contribution >= 0.6 is 24.0 Å². The largest absolute Gasteiger partial charge is 0.497 e. The van der Waals surface area contributed by atoms with Crippen molar-refractivity contribution in [3.05, 3.63) is 65.2 Å². The van der Waals surface area contributed by atoms with Crippen molar-refractivity contribution in [3.8, 4) is 5.75 Å². The molecule has 0 unspecified atom stereocenters. The summed E-state index contributed by atoms with van der Waals surface area (Å²) >= 11 is 0. The number of nitrogens with one attached hydrogen (secondary N) is 2. The second kappa shape index (κ2) is 12.6. The van der Waals surface area contributed by atoms with Gasteiger partial charge in [0.05, 0.1) is 13.7 Å². The standard InChI is InChI=1S/C21H30N4O.HI/c1-5-22-21(24-15-18-10-12-20(26-4)13-11-18)23-14-17-6-8-19(9-7-17)16-25(2)3;/h6-13H,5,14-16H2,1-4H3,(H2,22,23,24);1H. The Kier molecular flexibility index (Phi) is 10.8. The first-order valence-electron chi connectivity index (χ1n) is 8.98. The first-order valence-corrected chi connectivity index (χ1v) is 8.98. The average molecular weight is 482 g/mol.